The number of methoxy groups -OCH3 is 1. The lowest BCUT2D eigenvalue weighted by Gasteiger charge is -1.88. The summed E-state index contributed by atoms with van der Waals surface area (Å²) in [4.78, 5) is 14.0. The summed E-state index contributed by atoms with van der Waals surface area (Å²) in [6.07, 6.45) is 3.51. The minimum Gasteiger partial charge on any atom is -0.462 e. The molecule has 0 atom stereocenters. The summed E-state index contributed by atoms with van der Waals surface area (Å²) in [6.45, 7) is 0. The maximum absolute atomic E-state index is 10.5. The van der Waals surface area contributed by atoms with Crippen LogP contribution < -0.4 is 0 Å². The van der Waals surface area contributed by atoms with E-state index in [1.807, 2.05) is 0 Å². The normalized spacial score (nSPS) is 9.00. The molecule has 0 N–H and O–H groups in total. The molecular weight excluding hydrogens is 122 g/mol. The zero-order chi connectivity index (χ0) is 6.69. The molecule has 47 valence electrons. The van der Waals surface area contributed by atoms with Crippen LogP contribution in [-0.4, -0.2) is 18.1 Å². The molecule has 0 aliphatic rings. The minimum atomic E-state index is -0.587. The average molecular weight is 126 g/mol. The Morgan fingerprint density at radius 3 is 3.22 bits per heavy atom. The highest BCUT2D eigenvalue weighted by molar-refractivity contribution is 5.83. The Labute approximate surface area is 51.5 Å². The SMILES string of the molecule is COC(=O)c1nc[c]o1. The molecular formula is C5H4NO3. The molecule has 9 heavy (non-hydrogen) atoms. The van der Waals surface area contributed by atoms with Crippen LogP contribution in [0.1, 0.15) is 10.7 Å². The van der Waals surface area contributed by atoms with Gasteiger partial charge in [0, 0.05) is 0 Å². The molecule has 1 heterocycles. The lowest BCUT2D eigenvalue weighted by molar-refractivity contribution is 0.0555. The van der Waals surface area contributed by atoms with E-state index in [0.717, 1.165) is 0 Å². The summed E-state index contributed by atoms with van der Waals surface area (Å²) in [5.41, 5.74) is 0. The van der Waals surface area contributed by atoms with Gasteiger partial charge in [0.2, 0.25) is 0 Å². The lowest BCUT2D eigenvalue weighted by Crippen LogP contribution is -2.00. The van der Waals surface area contributed by atoms with Gasteiger partial charge in [0.25, 0.3) is 0 Å². The highest BCUT2D eigenvalue weighted by atomic mass is 16.5. The number of carbonyl (C=O) groups is 1. The molecule has 4 nitrogen and oxygen atoms in total. The van der Waals surface area contributed by atoms with Crippen LogP contribution >= 0.6 is 0 Å². The monoisotopic (exact) mass is 126 g/mol. The summed E-state index contributed by atoms with van der Waals surface area (Å²) < 4.78 is 8.75. The van der Waals surface area contributed by atoms with Crippen LogP contribution in [0.15, 0.2) is 10.6 Å². The quantitative estimate of drug-likeness (QED) is 0.506. The van der Waals surface area contributed by atoms with Crippen molar-refractivity contribution >= 4 is 5.97 Å². The first-order valence-electron chi connectivity index (χ1n) is 2.25. The summed E-state index contributed by atoms with van der Waals surface area (Å²) in [6, 6.07) is 0. The fourth-order valence-corrected chi connectivity index (χ4v) is 0.375. The maximum atomic E-state index is 10.5. The Bertz CT molecular complexity index is 192. The molecule has 0 spiro atoms. The van der Waals surface area contributed by atoms with Gasteiger partial charge in [-0.05, 0) is 0 Å². The van der Waals surface area contributed by atoms with Crippen molar-refractivity contribution in [1.29, 1.82) is 0 Å². The van der Waals surface area contributed by atoms with Gasteiger partial charge in [-0.1, -0.05) is 0 Å². The van der Waals surface area contributed by atoms with E-state index in [1.165, 1.54) is 13.3 Å². The molecule has 0 fully saturated rings. The van der Waals surface area contributed by atoms with E-state index in [1.54, 1.807) is 0 Å². The number of nitrogens with zero attached hydrogens (tertiary/aromatic N) is 1. The minimum absolute atomic E-state index is 0.0718. The van der Waals surface area contributed by atoms with Crippen molar-refractivity contribution in [2.75, 3.05) is 7.11 Å². The van der Waals surface area contributed by atoms with Gasteiger partial charge >= 0.3 is 11.9 Å². The third-order valence-corrected chi connectivity index (χ3v) is 0.750. The molecule has 0 aromatic carbocycles. The van der Waals surface area contributed by atoms with Crippen LogP contribution in [0.5, 0.6) is 0 Å². The van der Waals surface area contributed by atoms with Crippen LogP contribution in [0, 0.1) is 6.26 Å². The number of ether oxygens (including phenoxy) is 1. The smallest absolute Gasteiger partial charge is 0.394 e. The predicted molar refractivity (Wildman–Crippen MR) is 26.7 cm³/mol. The molecule has 0 unspecified atom stereocenters. The van der Waals surface area contributed by atoms with Crippen molar-refractivity contribution in [3.05, 3.63) is 18.4 Å². The van der Waals surface area contributed by atoms with Crippen LogP contribution in [0.25, 0.3) is 0 Å². The van der Waals surface area contributed by atoms with E-state index in [0.29, 0.717) is 0 Å². The molecule has 0 amide bonds. The zero-order valence-corrected chi connectivity index (χ0v) is 4.75. The Morgan fingerprint density at radius 2 is 2.78 bits per heavy atom. The highest BCUT2D eigenvalue weighted by Crippen LogP contribution is 1.94. The fourth-order valence-electron chi connectivity index (χ4n) is 0.375. The van der Waals surface area contributed by atoms with Gasteiger partial charge in [-0.25, -0.2) is 9.78 Å². The molecule has 1 radical (unpaired) electrons. The summed E-state index contributed by atoms with van der Waals surface area (Å²) in [7, 11) is 1.26. The number of oxazole rings is 1. The van der Waals surface area contributed by atoms with Crippen LogP contribution in [0.3, 0.4) is 0 Å². The van der Waals surface area contributed by atoms with Gasteiger partial charge < -0.3 is 9.15 Å². The van der Waals surface area contributed by atoms with Gasteiger partial charge in [-0.2, -0.15) is 0 Å². The Kier molecular flexibility index (Phi) is 1.48. The number of esters is 1. The van der Waals surface area contributed by atoms with E-state index in [2.05, 4.69) is 20.4 Å². The zero-order valence-electron chi connectivity index (χ0n) is 4.75. The van der Waals surface area contributed by atoms with E-state index in [4.69, 9.17) is 0 Å². The van der Waals surface area contributed by atoms with Gasteiger partial charge in [0.15, 0.2) is 6.26 Å². The maximum Gasteiger partial charge on any atom is 0.394 e. The first kappa shape index (κ1) is 5.81. The number of hydrogen-bond acceptors (Lipinski definition) is 4. The molecule has 4 heteroatoms. The lowest BCUT2D eigenvalue weighted by atomic mass is 10.7. The second-order valence-electron chi connectivity index (χ2n) is 1.27. The first-order chi connectivity index (χ1) is 4.34. The Morgan fingerprint density at radius 1 is 2.00 bits per heavy atom. The topological polar surface area (TPSA) is 52.3 Å². The van der Waals surface area contributed by atoms with Crippen molar-refractivity contribution in [3.63, 3.8) is 0 Å². The molecule has 0 bridgehead atoms. The molecule has 0 saturated carbocycles. The number of aromatic nitrogens is 1. The molecule has 0 saturated heterocycles. The van der Waals surface area contributed by atoms with Gasteiger partial charge in [0.1, 0.15) is 0 Å². The van der Waals surface area contributed by atoms with E-state index in [-0.39, 0.29) is 5.89 Å². The van der Waals surface area contributed by atoms with Crippen molar-refractivity contribution in [1.82, 2.24) is 4.98 Å². The summed E-state index contributed by atoms with van der Waals surface area (Å²) in [5.74, 6) is -0.659. The van der Waals surface area contributed by atoms with Gasteiger partial charge in [-0.3, -0.25) is 0 Å². The van der Waals surface area contributed by atoms with Crippen molar-refractivity contribution < 1.29 is 13.9 Å². The third kappa shape index (κ3) is 1.07. The highest BCUT2D eigenvalue weighted by Gasteiger charge is 2.08. The largest absolute Gasteiger partial charge is 0.462 e. The number of hydrogen-bond donors (Lipinski definition) is 0. The molecule has 0 aliphatic heterocycles. The molecule has 1 aromatic heterocycles. The van der Waals surface area contributed by atoms with Crippen molar-refractivity contribution in [3.8, 4) is 0 Å². The van der Waals surface area contributed by atoms with Crippen molar-refractivity contribution in [2.24, 2.45) is 0 Å². The number of rotatable bonds is 1. The van der Waals surface area contributed by atoms with E-state index in [9.17, 15) is 4.79 Å². The molecule has 1 aromatic rings. The van der Waals surface area contributed by atoms with Crippen LogP contribution in [0.4, 0.5) is 0 Å². The number of carbonyl (C=O) groups excluding carboxylic acids is 1. The van der Waals surface area contributed by atoms with Gasteiger partial charge in [-0.15, -0.1) is 0 Å². The average Bonchev–Trinajstić information content (AvgIpc) is 2.37. The Hall–Kier alpha value is -1.32. The first-order valence-corrected chi connectivity index (χ1v) is 2.25. The summed E-state index contributed by atoms with van der Waals surface area (Å²) in [5, 5.41) is 0. The van der Waals surface area contributed by atoms with Crippen LogP contribution in [-0.2, 0) is 4.74 Å². The molecule has 0 aliphatic carbocycles. The van der Waals surface area contributed by atoms with Crippen LogP contribution in [0.2, 0.25) is 0 Å². The fraction of sp³-hybridized carbons (Fsp3) is 0.200. The van der Waals surface area contributed by atoms with Gasteiger partial charge in [0.05, 0.1) is 13.3 Å². The Balaban J connectivity index is 2.77. The predicted octanol–water partition coefficient (Wildman–Crippen LogP) is 0.261. The van der Waals surface area contributed by atoms with E-state index >= 15 is 0 Å². The van der Waals surface area contributed by atoms with Crippen molar-refractivity contribution in [2.45, 2.75) is 0 Å². The second kappa shape index (κ2) is 2.30. The standard InChI is InChI=1S/C5H4NO3/c1-8-5(7)4-6-2-3-9-4/h2H,1H3. The molecule has 1 rings (SSSR count). The van der Waals surface area contributed by atoms with E-state index < -0.39 is 5.97 Å². The third-order valence-electron chi connectivity index (χ3n) is 0.750. The summed E-state index contributed by atoms with van der Waals surface area (Å²) >= 11 is 0. The second-order valence-corrected chi connectivity index (χ2v) is 1.27.